The number of aromatic nitrogens is 1. The number of nitrogens with zero attached hydrogens (tertiary/aromatic N) is 2. The summed E-state index contributed by atoms with van der Waals surface area (Å²) in [7, 11) is 1.96. The zero-order chi connectivity index (χ0) is 29.5. The Morgan fingerprint density at radius 3 is 2.52 bits per heavy atom. The van der Waals surface area contributed by atoms with Gasteiger partial charge < -0.3 is 15.5 Å². The van der Waals surface area contributed by atoms with E-state index in [1.807, 2.05) is 42.5 Å². The molecule has 3 N–H and O–H groups in total. The van der Waals surface area contributed by atoms with E-state index in [0.717, 1.165) is 37.5 Å². The van der Waals surface area contributed by atoms with Gasteiger partial charge in [0.15, 0.2) is 0 Å². The molecule has 7 nitrogen and oxygen atoms in total. The van der Waals surface area contributed by atoms with Gasteiger partial charge in [0.2, 0.25) is 0 Å². The molecule has 0 saturated heterocycles. The summed E-state index contributed by atoms with van der Waals surface area (Å²) in [5, 5.41) is 4.15. The highest BCUT2D eigenvalue weighted by molar-refractivity contribution is 7.85. The van der Waals surface area contributed by atoms with Crippen LogP contribution in [-0.2, 0) is 17.5 Å². The van der Waals surface area contributed by atoms with Crippen molar-refractivity contribution in [2.75, 3.05) is 24.7 Å². The number of hydrogen-bond donors (Lipinski definition) is 2. The van der Waals surface area contributed by atoms with Gasteiger partial charge in [0.25, 0.3) is 5.91 Å². The zero-order valence-corrected chi connectivity index (χ0v) is 24.7. The molecule has 4 aromatic carbocycles. The maximum atomic E-state index is 13.7. The average molecular weight is 599 g/mol. The third kappa shape index (κ3) is 4.98. The predicted molar refractivity (Wildman–Crippen MR) is 169 cm³/mol. The number of anilines is 1. The first kappa shape index (κ1) is 27.8. The molecule has 212 valence electrons. The number of thiazole rings is 1. The second-order valence-corrected chi connectivity index (χ2v) is 12.2. The zero-order valence-electron chi connectivity index (χ0n) is 23.1. The maximum absolute atomic E-state index is 13.7. The summed E-state index contributed by atoms with van der Waals surface area (Å²) >= 11 is 1.59. The molecule has 0 spiro atoms. The van der Waals surface area contributed by atoms with Crippen molar-refractivity contribution in [2.24, 2.45) is 5.73 Å². The lowest BCUT2D eigenvalue weighted by Crippen LogP contribution is -2.20. The van der Waals surface area contributed by atoms with Crippen molar-refractivity contribution in [1.29, 1.82) is 0 Å². The normalized spacial score (nSPS) is 12.1. The van der Waals surface area contributed by atoms with Crippen molar-refractivity contribution in [3.8, 4) is 33.0 Å². The Morgan fingerprint density at radius 1 is 1.05 bits per heavy atom. The number of rotatable bonds is 7. The number of benzene rings is 4. The van der Waals surface area contributed by atoms with E-state index >= 15 is 0 Å². The van der Waals surface area contributed by atoms with Crippen LogP contribution in [0.15, 0.2) is 83.3 Å². The van der Waals surface area contributed by atoms with Crippen LogP contribution >= 0.6 is 11.3 Å². The largest absolute Gasteiger partial charge is 0.455 e. The fourth-order valence-corrected chi connectivity index (χ4v) is 6.41. The standard InChI is InChI=1S/C32H27FN4O3S2/c1-35-31(38)29-24-15-23(20-5-4-6-21(14-20)32-36-25-12-7-18(17-34)13-28(25)41-32)26(37(2)42(3)39)16-27(24)40-30(29)19-8-10-22(33)11-9-19/h4-16H,17,34H2,1-3H3,(H,35,38). The number of fused-ring (bicyclic) bond motifs is 2. The van der Waals surface area contributed by atoms with E-state index in [1.165, 1.54) is 12.1 Å². The minimum Gasteiger partial charge on any atom is -0.455 e. The van der Waals surface area contributed by atoms with Gasteiger partial charge in [-0.1, -0.05) is 24.3 Å². The summed E-state index contributed by atoms with van der Waals surface area (Å²) in [4.78, 5) is 18.0. The van der Waals surface area contributed by atoms with Gasteiger partial charge in [-0.15, -0.1) is 11.3 Å². The van der Waals surface area contributed by atoms with E-state index in [0.29, 0.717) is 40.1 Å². The minimum atomic E-state index is -1.34. The fourth-order valence-electron chi connectivity index (χ4n) is 4.96. The molecule has 6 aromatic rings. The third-order valence-corrected chi connectivity index (χ3v) is 9.24. The lowest BCUT2D eigenvalue weighted by molar-refractivity contribution is 0.0964. The average Bonchev–Trinajstić information content (AvgIpc) is 3.61. The molecule has 0 radical (unpaired) electrons. The van der Waals surface area contributed by atoms with Crippen molar-refractivity contribution >= 4 is 55.1 Å². The van der Waals surface area contributed by atoms with E-state index in [-0.39, 0.29) is 11.7 Å². The van der Waals surface area contributed by atoms with Crippen molar-refractivity contribution in [3.63, 3.8) is 0 Å². The van der Waals surface area contributed by atoms with E-state index in [1.54, 1.807) is 54.2 Å². The summed E-state index contributed by atoms with van der Waals surface area (Å²) < 4.78 is 35.3. The van der Waals surface area contributed by atoms with Crippen LogP contribution < -0.4 is 15.4 Å². The monoisotopic (exact) mass is 598 g/mol. The van der Waals surface area contributed by atoms with Crippen LogP contribution in [0.4, 0.5) is 10.1 Å². The number of carbonyl (C=O) groups excluding carboxylic acids is 1. The molecule has 0 bridgehead atoms. The molecule has 2 aromatic heterocycles. The molecule has 0 aliphatic heterocycles. The van der Waals surface area contributed by atoms with E-state index in [2.05, 4.69) is 11.4 Å². The van der Waals surface area contributed by atoms with Crippen molar-refractivity contribution in [1.82, 2.24) is 10.3 Å². The molecule has 42 heavy (non-hydrogen) atoms. The Morgan fingerprint density at radius 2 is 1.81 bits per heavy atom. The number of nitrogens with one attached hydrogen (secondary N) is 1. The molecule has 0 fully saturated rings. The van der Waals surface area contributed by atoms with Crippen molar-refractivity contribution < 1.29 is 17.8 Å². The molecule has 2 heterocycles. The van der Waals surface area contributed by atoms with Gasteiger partial charge in [0.05, 0.1) is 21.5 Å². The third-order valence-electron chi connectivity index (χ3n) is 7.20. The Bertz CT molecular complexity index is 2000. The lowest BCUT2D eigenvalue weighted by Gasteiger charge is -2.20. The summed E-state index contributed by atoms with van der Waals surface area (Å²) in [6.07, 6.45) is 1.60. The molecule has 0 saturated carbocycles. The van der Waals surface area contributed by atoms with Crippen LogP contribution in [0, 0.1) is 5.82 Å². The van der Waals surface area contributed by atoms with E-state index < -0.39 is 11.0 Å². The van der Waals surface area contributed by atoms with Gasteiger partial charge in [-0.3, -0.25) is 9.10 Å². The Labute approximate surface area is 248 Å². The highest BCUT2D eigenvalue weighted by Crippen LogP contribution is 2.42. The summed E-state index contributed by atoms with van der Waals surface area (Å²) in [5.41, 5.74) is 12.4. The molecule has 1 unspecified atom stereocenters. The van der Waals surface area contributed by atoms with Gasteiger partial charge in [0, 0.05) is 55.0 Å². The Balaban J connectivity index is 1.56. The van der Waals surface area contributed by atoms with Gasteiger partial charge in [-0.05, 0) is 59.7 Å². The molecular weight excluding hydrogens is 572 g/mol. The van der Waals surface area contributed by atoms with E-state index in [9.17, 15) is 13.4 Å². The number of amides is 1. The van der Waals surface area contributed by atoms with Crippen LogP contribution in [0.25, 0.3) is 54.2 Å². The van der Waals surface area contributed by atoms with Crippen LogP contribution in [0.3, 0.4) is 0 Å². The van der Waals surface area contributed by atoms with Gasteiger partial charge in [-0.25, -0.2) is 13.6 Å². The number of nitrogens with two attached hydrogens (primary N) is 1. The summed E-state index contributed by atoms with van der Waals surface area (Å²) in [6.45, 7) is 0.463. The summed E-state index contributed by atoms with van der Waals surface area (Å²) in [6, 6.07) is 23.5. The molecule has 0 aliphatic carbocycles. The van der Waals surface area contributed by atoms with Gasteiger partial charge in [-0.2, -0.15) is 0 Å². The van der Waals surface area contributed by atoms with Crippen LogP contribution in [0.2, 0.25) is 0 Å². The second kappa shape index (κ2) is 11.1. The predicted octanol–water partition coefficient (Wildman–Crippen LogP) is 6.73. The first-order valence-corrected chi connectivity index (χ1v) is 15.5. The molecule has 6 rings (SSSR count). The molecule has 1 atom stereocenters. The van der Waals surface area contributed by atoms with Crippen molar-refractivity contribution in [3.05, 3.63) is 95.8 Å². The minimum absolute atomic E-state index is 0.327. The fraction of sp³-hybridized carbons (Fsp3) is 0.125. The Kier molecular flexibility index (Phi) is 7.36. The molecular formula is C32H27FN4O3S2. The number of carbonyl (C=O) groups is 1. The Hall–Kier alpha value is -4.38. The first-order chi connectivity index (χ1) is 20.3. The molecule has 1 amide bonds. The number of hydrogen-bond acceptors (Lipinski definition) is 6. The van der Waals surface area contributed by atoms with Gasteiger partial charge in [0.1, 0.15) is 33.2 Å². The smallest absolute Gasteiger partial charge is 0.255 e. The SMILES string of the molecule is CNC(=O)c1c(-c2ccc(F)cc2)oc2cc(N(C)S(C)=O)c(-c3cccc(-c4nc5ccc(CN)cc5s4)c3)cc12. The van der Waals surface area contributed by atoms with Crippen LogP contribution in [0.5, 0.6) is 0 Å². The van der Waals surface area contributed by atoms with Crippen LogP contribution in [0.1, 0.15) is 15.9 Å². The second-order valence-electron chi connectivity index (χ2n) is 9.78. The number of furan rings is 1. The number of halogens is 1. The molecule has 10 heteroatoms. The molecule has 0 aliphatic rings. The quantitative estimate of drug-likeness (QED) is 0.212. The first-order valence-electron chi connectivity index (χ1n) is 13.1. The highest BCUT2D eigenvalue weighted by Gasteiger charge is 2.25. The topological polar surface area (TPSA) is 101 Å². The highest BCUT2D eigenvalue weighted by atomic mass is 32.2. The van der Waals surface area contributed by atoms with Crippen LogP contribution in [-0.4, -0.2) is 35.5 Å². The van der Waals surface area contributed by atoms with Crippen molar-refractivity contribution in [2.45, 2.75) is 6.54 Å². The summed E-state index contributed by atoms with van der Waals surface area (Å²) in [5.74, 6) is -0.395. The maximum Gasteiger partial charge on any atom is 0.255 e. The lowest BCUT2D eigenvalue weighted by atomic mass is 9.97. The van der Waals surface area contributed by atoms with E-state index in [4.69, 9.17) is 15.1 Å². The van der Waals surface area contributed by atoms with Gasteiger partial charge >= 0.3 is 0 Å².